The zero-order valence-electron chi connectivity index (χ0n) is 35.6. The maximum absolute atomic E-state index is 12.6. The first-order chi connectivity index (χ1) is 26.5. The largest absolute Gasteiger partial charge is 0.472 e. The van der Waals surface area contributed by atoms with Crippen LogP contribution in [0.4, 0.5) is 0 Å². The normalized spacial score (nSPS) is 14.2. The summed E-state index contributed by atoms with van der Waals surface area (Å²) >= 11 is 0. The van der Waals surface area contributed by atoms with Crippen LogP contribution in [0, 0.1) is 0 Å². The molecule has 0 radical (unpaired) electrons. The Labute approximate surface area is 336 Å². The van der Waals surface area contributed by atoms with Gasteiger partial charge in [0, 0.05) is 12.8 Å². The lowest BCUT2D eigenvalue weighted by atomic mass is 10.1. The van der Waals surface area contributed by atoms with Crippen LogP contribution in [0.25, 0.3) is 0 Å². The molecule has 0 saturated heterocycles. The number of phosphoric ester groups is 1. The van der Waals surface area contributed by atoms with E-state index in [1.54, 1.807) is 0 Å². The zero-order valence-corrected chi connectivity index (χ0v) is 36.5. The first-order valence-electron chi connectivity index (χ1n) is 21.5. The van der Waals surface area contributed by atoms with Gasteiger partial charge in [0.2, 0.25) is 0 Å². The van der Waals surface area contributed by atoms with Crippen molar-refractivity contribution < 1.29 is 42.1 Å². The summed E-state index contributed by atoms with van der Waals surface area (Å²) in [5.41, 5.74) is 0. The standard InChI is InChI=1S/C45H80NO8P/c1-6-8-10-12-14-16-18-20-21-22-23-24-25-26-28-29-31-33-35-37-44(47)51-41-43(42-53-55(49,50)52-40-39-46(3,4)5)54-45(48)38-36-34-32-30-27-19-17-15-13-11-9-7-2/h14-17,20-21,23-24,26,28,43H,6-13,18-19,22,25,27,29-42H2,1-5H3/p+1/b16-14-,17-15-,21-20-,24-23-,28-26-/t43-/m1/s1. The van der Waals surface area contributed by atoms with Gasteiger partial charge < -0.3 is 18.9 Å². The van der Waals surface area contributed by atoms with Gasteiger partial charge in [-0.25, -0.2) is 4.57 Å². The van der Waals surface area contributed by atoms with Crippen molar-refractivity contribution in [3.8, 4) is 0 Å². The van der Waals surface area contributed by atoms with E-state index < -0.39 is 32.5 Å². The monoisotopic (exact) mass is 795 g/mol. The molecule has 55 heavy (non-hydrogen) atoms. The van der Waals surface area contributed by atoms with Crippen molar-refractivity contribution in [3.63, 3.8) is 0 Å². The molecule has 0 fully saturated rings. The van der Waals surface area contributed by atoms with Gasteiger partial charge in [-0.3, -0.25) is 18.6 Å². The third-order valence-electron chi connectivity index (χ3n) is 8.77. The summed E-state index contributed by atoms with van der Waals surface area (Å²) < 4.78 is 34.2. The van der Waals surface area contributed by atoms with E-state index in [1.165, 1.54) is 44.9 Å². The summed E-state index contributed by atoms with van der Waals surface area (Å²) in [5.74, 6) is -0.851. The van der Waals surface area contributed by atoms with E-state index in [0.717, 1.165) is 77.0 Å². The van der Waals surface area contributed by atoms with Crippen LogP contribution in [0.5, 0.6) is 0 Å². The number of hydrogen-bond acceptors (Lipinski definition) is 7. The second-order valence-corrected chi connectivity index (χ2v) is 16.8. The van der Waals surface area contributed by atoms with Gasteiger partial charge in [-0.2, -0.15) is 0 Å². The number of hydrogen-bond donors (Lipinski definition) is 1. The molecule has 0 rings (SSSR count). The number of carbonyl (C=O) groups excluding carboxylic acids is 2. The number of esters is 2. The zero-order chi connectivity index (χ0) is 40.7. The molecule has 0 aliphatic rings. The van der Waals surface area contributed by atoms with Crippen molar-refractivity contribution in [3.05, 3.63) is 60.8 Å². The summed E-state index contributed by atoms with van der Waals surface area (Å²) in [4.78, 5) is 35.3. The number of ether oxygens (including phenoxy) is 2. The molecule has 0 aromatic rings. The molecule has 2 atom stereocenters. The molecule has 0 spiro atoms. The van der Waals surface area contributed by atoms with Gasteiger partial charge in [0.05, 0.1) is 27.7 Å². The second-order valence-electron chi connectivity index (χ2n) is 15.4. The molecule has 0 aromatic heterocycles. The lowest BCUT2D eigenvalue weighted by Gasteiger charge is -2.24. The SMILES string of the molecule is CCCCC/C=C\C/C=C\C/C=C\C/C=C\CCCCCC(=O)OC[C@H](COP(=O)(O)OCC[N+](C)(C)C)OC(=O)CCCCCCC/C=C\CCCCC. The molecule has 10 heteroatoms. The van der Waals surface area contributed by atoms with Crippen LogP contribution in [0.2, 0.25) is 0 Å². The highest BCUT2D eigenvalue weighted by Crippen LogP contribution is 2.43. The Balaban J connectivity index is 4.43. The first-order valence-corrected chi connectivity index (χ1v) is 23.0. The molecular weight excluding hydrogens is 713 g/mol. The summed E-state index contributed by atoms with van der Waals surface area (Å²) in [6, 6.07) is 0. The van der Waals surface area contributed by atoms with E-state index in [-0.39, 0.29) is 26.1 Å². The number of unbranched alkanes of at least 4 members (excludes halogenated alkanes) is 14. The van der Waals surface area contributed by atoms with Crippen LogP contribution in [0.1, 0.15) is 162 Å². The summed E-state index contributed by atoms with van der Waals surface area (Å²) in [6.07, 6.45) is 44.1. The van der Waals surface area contributed by atoms with Crippen LogP contribution in [0.3, 0.4) is 0 Å². The molecule has 0 saturated carbocycles. The number of quaternary nitrogens is 1. The van der Waals surface area contributed by atoms with Crippen molar-refractivity contribution >= 4 is 19.8 Å². The summed E-state index contributed by atoms with van der Waals surface area (Å²) in [5, 5.41) is 0. The minimum absolute atomic E-state index is 0.0222. The lowest BCUT2D eigenvalue weighted by molar-refractivity contribution is -0.870. The molecule has 0 aromatic carbocycles. The quantitative estimate of drug-likeness (QED) is 0.0216. The van der Waals surface area contributed by atoms with Crippen LogP contribution >= 0.6 is 7.82 Å². The summed E-state index contributed by atoms with van der Waals surface area (Å²) in [7, 11) is 1.44. The Morgan fingerprint density at radius 2 is 0.982 bits per heavy atom. The highest BCUT2D eigenvalue weighted by atomic mass is 31.2. The van der Waals surface area contributed by atoms with Gasteiger partial charge in [-0.1, -0.05) is 126 Å². The minimum atomic E-state index is -4.38. The fourth-order valence-electron chi connectivity index (χ4n) is 5.34. The third kappa shape index (κ3) is 41.2. The topological polar surface area (TPSA) is 108 Å². The average Bonchev–Trinajstić information content (AvgIpc) is 3.13. The van der Waals surface area contributed by atoms with Gasteiger partial charge in [0.25, 0.3) is 0 Å². The van der Waals surface area contributed by atoms with Gasteiger partial charge in [-0.15, -0.1) is 0 Å². The van der Waals surface area contributed by atoms with Gasteiger partial charge in [-0.05, 0) is 83.5 Å². The Bertz CT molecular complexity index is 1120. The fraction of sp³-hybridized carbons (Fsp3) is 0.733. The molecule has 9 nitrogen and oxygen atoms in total. The predicted octanol–water partition coefficient (Wildman–Crippen LogP) is 12.1. The molecule has 0 aliphatic heterocycles. The van der Waals surface area contributed by atoms with Crippen molar-refractivity contribution in [2.24, 2.45) is 0 Å². The maximum Gasteiger partial charge on any atom is 0.472 e. The van der Waals surface area contributed by atoms with E-state index in [9.17, 15) is 19.0 Å². The number of likely N-dealkylation sites (N-methyl/N-ethyl adjacent to an activating group) is 1. The molecule has 1 unspecified atom stereocenters. The minimum Gasteiger partial charge on any atom is -0.462 e. The number of phosphoric acid groups is 1. The lowest BCUT2D eigenvalue weighted by Crippen LogP contribution is -2.37. The molecule has 0 amide bonds. The van der Waals surface area contributed by atoms with Crippen LogP contribution < -0.4 is 0 Å². The van der Waals surface area contributed by atoms with Gasteiger partial charge in [0.15, 0.2) is 6.10 Å². The number of allylic oxidation sites excluding steroid dienone is 10. The smallest absolute Gasteiger partial charge is 0.462 e. The Morgan fingerprint density at radius 1 is 0.564 bits per heavy atom. The van der Waals surface area contributed by atoms with E-state index in [1.807, 2.05) is 21.1 Å². The second kappa shape index (κ2) is 37.3. The molecule has 0 aliphatic carbocycles. The van der Waals surface area contributed by atoms with Crippen LogP contribution in [-0.4, -0.2) is 74.9 Å². The van der Waals surface area contributed by atoms with Crippen molar-refractivity contribution in [2.45, 2.75) is 168 Å². The summed E-state index contributed by atoms with van der Waals surface area (Å²) in [6.45, 7) is 4.30. The molecular formula is C45H81NO8P+. The number of nitrogens with zero attached hydrogens (tertiary/aromatic N) is 1. The van der Waals surface area contributed by atoms with Crippen LogP contribution in [0.15, 0.2) is 60.8 Å². The average molecular weight is 795 g/mol. The Hall–Kier alpha value is -2.29. The fourth-order valence-corrected chi connectivity index (χ4v) is 6.08. The van der Waals surface area contributed by atoms with Gasteiger partial charge in [0.1, 0.15) is 19.8 Å². The van der Waals surface area contributed by atoms with Crippen molar-refractivity contribution in [1.29, 1.82) is 0 Å². The molecule has 0 heterocycles. The number of rotatable bonds is 38. The molecule has 318 valence electrons. The van der Waals surface area contributed by atoms with E-state index in [2.05, 4.69) is 74.6 Å². The molecule has 0 bridgehead atoms. The van der Waals surface area contributed by atoms with Crippen molar-refractivity contribution in [1.82, 2.24) is 0 Å². The Kier molecular flexibility index (Phi) is 35.7. The highest BCUT2D eigenvalue weighted by Gasteiger charge is 2.27. The number of carbonyl (C=O) groups is 2. The molecule has 1 N–H and O–H groups in total. The first kappa shape index (κ1) is 52.7. The van der Waals surface area contributed by atoms with Gasteiger partial charge >= 0.3 is 19.8 Å². The van der Waals surface area contributed by atoms with Crippen molar-refractivity contribution in [2.75, 3.05) is 47.5 Å². The van der Waals surface area contributed by atoms with Crippen LogP contribution in [-0.2, 0) is 32.7 Å². The van der Waals surface area contributed by atoms with E-state index in [4.69, 9.17) is 18.5 Å². The van der Waals surface area contributed by atoms with E-state index in [0.29, 0.717) is 23.9 Å². The Morgan fingerprint density at radius 3 is 1.49 bits per heavy atom. The third-order valence-corrected chi connectivity index (χ3v) is 9.75. The highest BCUT2D eigenvalue weighted by molar-refractivity contribution is 7.47. The maximum atomic E-state index is 12.6. The van der Waals surface area contributed by atoms with E-state index >= 15 is 0 Å². The predicted molar refractivity (Wildman–Crippen MR) is 229 cm³/mol.